The van der Waals surface area contributed by atoms with Crippen LogP contribution >= 0.6 is 0 Å². The predicted octanol–water partition coefficient (Wildman–Crippen LogP) is 0.987. The van der Waals surface area contributed by atoms with Crippen molar-refractivity contribution in [3.8, 4) is 0 Å². The van der Waals surface area contributed by atoms with Gasteiger partial charge < -0.3 is 15.1 Å². The molecule has 1 aliphatic carbocycles. The van der Waals surface area contributed by atoms with Gasteiger partial charge >= 0.3 is 5.97 Å². The van der Waals surface area contributed by atoms with Crippen LogP contribution in [0, 0.1) is 5.92 Å². The number of hydrogen-bond acceptors (Lipinski definition) is 4. The molecule has 1 aromatic heterocycles. The molecule has 0 unspecified atom stereocenters. The molecule has 5 heteroatoms. The number of rotatable bonds is 4. The van der Waals surface area contributed by atoms with Crippen LogP contribution in [-0.4, -0.2) is 40.9 Å². The van der Waals surface area contributed by atoms with E-state index in [1.54, 1.807) is 12.3 Å². The number of aromatic carboxylic acids is 1. The van der Waals surface area contributed by atoms with Crippen LogP contribution in [0.4, 0.5) is 5.69 Å². The molecule has 0 radical (unpaired) electrons. The number of aliphatic hydroxyl groups is 1. The lowest BCUT2D eigenvalue weighted by Crippen LogP contribution is -2.37. The zero-order chi connectivity index (χ0) is 12.4. The second kappa shape index (κ2) is 4.71. The Balaban J connectivity index is 2.08. The number of carboxylic acid groups (broad SMARTS) is 1. The lowest BCUT2D eigenvalue weighted by Gasteiger charge is -2.35. The number of anilines is 1. The average Bonchev–Trinajstić information content (AvgIpc) is 2.27. The van der Waals surface area contributed by atoms with Gasteiger partial charge in [0.05, 0.1) is 11.8 Å². The van der Waals surface area contributed by atoms with Gasteiger partial charge in [-0.25, -0.2) is 4.79 Å². The van der Waals surface area contributed by atoms with Crippen molar-refractivity contribution in [1.29, 1.82) is 0 Å². The highest BCUT2D eigenvalue weighted by Crippen LogP contribution is 2.29. The first-order valence-electron chi connectivity index (χ1n) is 5.64. The van der Waals surface area contributed by atoms with Crippen molar-refractivity contribution in [2.75, 3.05) is 18.5 Å². The van der Waals surface area contributed by atoms with Gasteiger partial charge in [0.15, 0.2) is 0 Å². The Labute approximate surface area is 99.7 Å². The van der Waals surface area contributed by atoms with Crippen LogP contribution in [-0.2, 0) is 0 Å². The van der Waals surface area contributed by atoms with Crippen molar-refractivity contribution < 1.29 is 15.0 Å². The first kappa shape index (κ1) is 11.9. The van der Waals surface area contributed by atoms with E-state index in [2.05, 4.69) is 4.98 Å². The van der Waals surface area contributed by atoms with Gasteiger partial charge in [-0.15, -0.1) is 0 Å². The summed E-state index contributed by atoms with van der Waals surface area (Å²) in [6.07, 6.45) is 4.39. The van der Waals surface area contributed by atoms with Crippen LogP contribution in [0.1, 0.15) is 23.2 Å². The minimum atomic E-state index is -0.964. The van der Waals surface area contributed by atoms with E-state index < -0.39 is 5.97 Å². The quantitative estimate of drug-likeness (QED) is 0.815. The van der Waals surface area contributed by atoms with Crippen LogP contribution in [0.2, 0.25) is 0 Å². The van der Waals surface area contributed by atoms with E-state index in [1.165, 1.54) is 6.20 Å². The van der Waals surface area contributed by atoms with Crippen LogP contribution in [0.5, 0.6) is 0 Å². The zero-order valence-corrected chi connectivity index (χ0v) is 9.71. The fraction of sp³-hybridized carbons (Fsp3) is 0.500. The molecule has 1 fully saturated rings. The molecule has 17 heavy (non-hydrogen) atoms. The van der Waals surface area contributed by atoms with Gasteiger partial charge in [-0.3, -0.25) is 4.98 Å². The number of nitrogens with zero attached hydrogens (tertiary/aromatic N) is 2. The lowest BCUT2D eigenvalue weighted by molar-refractivity contribution is 0.0463. The maximum Gasteiger partial charge on any atom is 0.339 e. The van der Waals surface area contributed by atoms with E-state index in [1.807, 2.05) is 11.9 Å². The van der Waals surface area contributed by atoms with Gasteiger partial charge in [-0.05, 0) is 24.8 Å². The van der Waals surface area contributed by atoms with E-state index in [4.69, 9.17) is 5.11 Å². The smallest absolute Gasteiger partial charge is 0.339 e. The van der Waals surface area contributed by atoms with Gasteiger partial charge in [0, 0.05) is 26.0 Å². The van der Waals surface area contributed by atoms with Crippen LogP contribution in [0.25, 0.3) is 0 Å². The van der Waals surface area contributed by atoms with Crippen LogP contribution in [0.3, 0.4) is 0 Å². The van der Waals surface area contributed by atoms with E-state index in [0.717, 1.165) is 19.4 Å². The molecule has 0 aromatic carbocycles. The molecule has 1 aliphatic rings. The van der Waals surface area contributed by atoms with Gasteiger partial charge in [0.25, 0.3) is 0 Å². The second-order valence-corrected chi connectivity index (χ2v) is 4.57. The van der Waals surface area contributed by atoms with Crippen LogP contribution < -0.4 is 4.90 Å². The normalized spacial score (nSPS) is 22.9. The Kier molecular flexibility index (Phi) is 3.28. The average molecular weight is 236 g/mol. The summed E-state index contributed by atoms with van der Waals surface area (Å²) in [5, 5.41) is 18.3. The molecule has 5 nitrogen and oxygen atoms in total. The summed E-state index contributed by atoms with van der Waals surface area (Å²) in [5.41, 5.74) is 0.892. The number of aromatic nitrogens is 1. The van der Waals surface area contributed by atoms with Gasteiger partial charge in [-0.1, -0.05) is 0 Å². The van der Waals surface area contributed by atoms with Crippen molar-refractivity contribution in [3.63, 3.8) is 0 Å². The molecule has 2 rings (SSSR count). The molecule has 0 atom stereocenters. The van der Waals surface area contributed by atoms with Crippen LogP contribution in [0.15, 0.2) is 18.5 Å². The van der Waals surface area contributed by atoms with Gasteiger partial charge in [0.2, 0.25) is 0 Å². The molecular weight excluding hydrogens is 220 g/mol. The van der Waals surface area contributed by atoms with E-state index in [-0.39, 0.29) is 11.7 Å². The number of carbonyl (C=O) groups is 1. The molecule has 1 saturated carbocycles. The molecule has 1 aromatic rings. The highest BCUT2D eigenvalue weighted by atomic mass is 16.4. The Morgan fingerprint density at radius 1 is 1.59 bits per heavy atom. The maximum atomic E-state index is 11.0. The molecular formula is C12H16N2O3. The van der Waals surface area contributed by atoms with E-state index in [9.17, 15) is 9.90 Å². The second-order valence-electron chi connectivity index (χ2n) is 4.57. The predicted molar refractivity (Wildman–Crippen MR) is 63.2 cm³/mol. The number of aliphatic hydroxyl groups excluding tert-OH is 1. The maximum absolute atomic E-state index is 11.0. The fourth-order valence-electron chi connectivity index (χ4n) is 2.22. The molecule has 0 bridgehead atoms. The van der Waals surface area contributed by atoms with Crippen molar-refractivity contribution in [3.05, 3.63) is 24.0 Å². The third-order valence-corrected chi connectivity index (χ3v) is 3.18. The Morgan fingerprint density at radius 2 is 2.29 bits per heavy atom. The Hall–Kier alpha value is -1.62. The first-order chi connectivity index (χ1) is 8.08. The van der Waals surface area contributed by atoms with E-state index >= 15 is 0 Å². The minimum absolute atomic E-state index is 0.176. The third kappa shape index (κ3) is 2.55. The molecule has 0 saturated heterocycles. The molecule has 2 N–H and O–H groups in total. The van der Waals surface area contributed by atoms with Crippen molar-refractivity contribution >= 4 is 11.7 Å². The van der Waals surface area contributed by atoms with Gasteiger partial charge in [0.1, 0.15) is 5.56 Å². The number of carboxylic acids is 1. The third-order valence-electron chi connectivity index (χ3n) is 3.18. The largest absolute Gasteiger partial charge is 0.478 e. The number of hydrogen-bond donors (Lipinski definition) is 2. The standard InChI is InChI=1S/C12H16N2O3/c1-14(7-8-4-9(15)5-8)11-2-3-13-6-10(11)12(16)17/h2-3,6,8-9,15H,4-5,7H2,1H3,(H,16,17). The fourth-order valence-corrected chi connectivity index (χ4v) is 2.22. The summed E-state index contributed by atoms with van der Waals surface area (Å²) in [4.78, 5) is 16.8. The lowest BCUT2D eigenvalue weighted by atomic mass is 9.82. The van der Waals surface area contributed by atoms with Gasteiger partial charge in [-0.2, -0.15) is 0 Å². The monoisotopic (exact) mass is 236 g/mol. The highest BCUT2D eigenvalue weighted by Gasteiger charge is 2.28. The summed E-state index contributed by atoms with van der Waals surface area (Å²) in [6, 6.07) is 1.71. The topological polar surface area (TPSA) is 73.7 Å². The summed E-state index contributed by atoms with van der Waals surface area (Å²) < 4.78 is 0. The number of pyridine rings is 1. The minimum Gasteiger partial charge on any atom is -0.478 e. The molecule has 0 spiro atoms. The Bertz CT molecular complexity index is 416. The van der Waals surface area contributed by atoms with Crippen molar-refractivity contribution in [2.24, 2.45) is 5.92 Å². The summed E-state index contributed by atoms with van der Waals surface area (Å²) in [5.74, 6) is -0.515. The summed E-state index contributed by atoms with van der Waals surface area (Å²) in [6.45, 7) is 0.765. The molecule has 0 aliphatic heterocycles. The molecule has 0 amide bonds. The molecule has 92 valence electrons. The Morgan fingerprint density at radius 3 is 2.88 bits per heavy atom. The van der Waals surface area contributed by atoms with Crippen molar-refractivity contribution in [2.45, 2.75) is 18.9 Å². The SMILES string of the molecule is CN(CC1CC(O)C1)c1ccncc1C(=O)O. The van der Waals surface area contributed by atoms with Crippen molar-refractivity contribution in [1.82, 2.24) is 4.98 Å². The summed E-state index contributed by atoms with van der Waals surface area (Å²) >= 11 is 0. The zero-order valence-electron chi connectivity index (χ0n) is 9.71. The van der Waals surface area contributed by atoms with E-state index in [0.29, 0.717) is 11.6 Å². The molecule has 1 heterocycles. The summed E-state index contributed by atoms with van der Waals surface area (Å²) in [7, 11) is 1.87. The highest BCUT2D eigenvalue weighted by molar-refractivity contribution is 5.93. The first-order valence-corrected chi connectivity index (χ1v) is 5.64.